The van der Waals surface area contributed by atoms with Crippen molar-refractivity contribution in [1.29, 1.82) is 0 Å². The molecule has 0 radical (unpaired) electrons. The molecule has 3 aromatic rings. The Balaban J connectivity index is 1.32. The van der Waals surface area contributed by atoms with E-state index in [0.29, 0.717) is 25.0 Å². The minimum atomic E-state index is -0.111. The summed E-state index contributed by atoms with van der Waals surface area (Å²) in [6.45, 7) is 3.34. The molecule has 0 aliphatic carbocycles. The molecule has 3 heterocycles. The standard InChI is InChI=1S/C22H25N5O3/c1-15(19-5-3-4-12-23-19)24-20(28)16-10-13-27(14-11-16)22-26-25-21(30-22)17-6-8-18(29-2)9-7-17/h3-9,12,15-16H,10-11,13-14H2,1-2H3,(H,24,28)/t15-/m1/s1. The van der Waals surface area contributed by atoms with Crippen LogP contribution in [0, 0.1) is 5.92 Å². The Morgan fingerprint density at radius 2 is 1.93 bits per heavy atom. The Bertz CT molecular complexity index is 966. The average molecular weight is 407 g/mol. The van der Waals surface area contributed by atoms with Crippen LogP contribution in [0.15, 0.2) is 53.1 Å². The normalized spacial score (nSPS) is 15.6. The number of aromatic nitrogens is 3. The van der Waals surface area contributed by atoms with Gasteiger partial charge in [0.2, 0.25) is 11.8 Å². The van der Waals surface area contributed by atoms with Crippen LogP contribution in [-0.4, -0.2) is 41.3 Å². The van der Waals surface area contributed by atoms with Gasteiger partial charge >= 0.3 is 6.01 Å². The highest BCUT2D eigenvalue weighted by atomic mass is 16.5. The Kier molecular flexibility index (Phi) is 5.92. The Morgan fingerprint density at radius 1 is 1.17 bits per heavy atom. The van der Waals surface area contributed by atoms with Gasteiger partial charge in [0.1, 0.15) is 5.75 Å². The Labute approximate surface area is 175 Å². The summed E-state index contributed by atoms with van der Waals surface area (Å²) < 4.78 is 11.0. The van der Waals surface area contributed by atoms with Crippen molar-refractivity contribution in [1.82, 2.24) is 20.5 Å². The number of anilines is 1. The summed E-state index contributed by atoms with van der Waals surface area (Å²) in [7, 11) is 1.63. The molecule has 1 atom stereocenters. The smallest absolute Gasteiger partial charge is 0.318 e. The molecule has 1 N–H and O–H groups in total. The molecule has 1 aliphatic rings. The first-order valence-electron chi connectivity index (χ1n) is 10.1. The third-order valence-electron chi connectivity index (χ3n) is 5.38. The number of carbonyl (C=O) groups excluding carboxylic acids is 1. The molecule has 0 bridgehead atoms. The molecular formula is C22H25N5O3. The van der Waals surface area contributed by atoms with Crippen molar-refractivity contribution < 1.29 is 13.9 Å². The van der Waals surface area contributed by atoms with Crippen molar-refractivity contribution in [3.8, 4) is 17.2 Å². The van der Waals surface area contributed by atoms with E-state index in [0.717, 1.165) is 29.8 Å². The van der Waals surface area contributed by atoms with E-state index in [1.54, 1.807) is 13.3 Å². The third kappa shape index (κ3) is 4.42. The van der Waals surface area contributed by atoms with Crippen molar-refractivity contribution in [3.05, 3.63) is 54.4 Å². The van der Waals surface area contributed by atoms with E-state index in [1.807, 2.05) is 54.3 Å². The summed E-state index contributed by atoms with van der Waals surface area (Å²) >= 11 is 0. The zero-order valence-corrected chi connectivity index (χ0v) is 17.1. The molecule has 0 unspecified atom stereocenters. The number of amides is 1. The quantitative estimate of drug-likeness (QED) is 0.670. The largest absolute Gasteiger partial charge is 0.497 e. The van der Waals surface area contributed by atoms with Crippen LogP contribution in [0.3, 0.4) is 0 Å². The van der Waals surface area contributed by atoms with Gasteiger partial charge in [0, 0.05) is 30.8 Å². The van der Waals surface area contributed by atoms with Crippen molar-refractivity contribution >= 4 is 11.9 Å². The number of pyridine rings is 1. The summed E-state index contributed by atoms with van der Waals surface area (Å²) in [4.78, 5) is 19.0. The second-order valence-electron chi connectivity index (χ2n) is 7.36. The molecule has 1 saturated heterocycles. The topological polar surface area (TPSA) is 93.4 Å². The maximum absolute atomic E-state index is 12.6. The number of carbonyl (C=O) groups is 1. The lowest BCUT2D eigenvalue weighted by Crippen LogP contribution is -2.41. The highest BCUT2D eigenvalue weighted by molar-refractivity contribution is 5.79. The number of nitrogens with zero attached hydrogens (tertiary/aromatic N) is 4. The molecule has 8 heteroatoms. The van der Waals surface area contributed by atoms with Crippen LogP contribution in [0.1, 0.15) is 31.5 Å². The van der Waals surface area contributed by atoms with Gasteiger partial charge in [-0.2, -0.15) is 0 Å². The van der Waals surface area contributed by atoms with Crippen LogP contribution in [-0.2, 0) is 4.79 Å². The van der Waals surface area contributed by atoms with E-state index < -0.39 is 0 Å². The number of ether oxygens (including phenoxy) is 1. The zero-order valence-electron chi connectivity index (χ0n) is 17.1. The van der Waals surface area contributed by atoms with Gasteiger partial charge in [-0.3, -0.25) is 9.78 Å². The molecular weight excluding hydrogens is 382 g/mol. The number of hydrogen-bond donors (Lipinski definition) is 1. The Hall–Kier alpha value is -3.42. The van der Waals surface area contributed by atoms with Gasteiger partial charge < -0.3 is 19.4 Å². The highest BCUT2D eigenvalue weighted by Gasteiger charge is 2.28. The van der Waals surface area contributed by atoms with E-state index in [9.17, 15) is 4.79 Å². The number of piperidine rings is 1. The Morgan fingerprint density at radius 3 is 2.60 bits per heavy atom. The van der Waals surface area contributed by atoms with E-state index >= 15 is 0 Å². The maximum Gasteiger partial charge on any atom is 0.318 e. The van der Waals surface area contributed by atoms with Gasteiger partial charge in [-0.25, -0.2) is 0 Å². The molecule has 156 valence electrons. The minimum Gasteiger partial charge on any atom is -0.497 e. The predicted molar refractivity (Wildman–Crippen MR) is 112 cm³/mol. The van der Waals surface area contributed by atoms with Gasteiger partial charge in [-0.1, -0.05) is 11.2 Å². The first-order valence-corrected chi connectivity index (χ1v) is 10.1. The number of hydrogen-bond acceptors (Lipinski definition) is 7. The lowest BCUT2D eigenvalue weighted by Gasteiger charge is -2.30. The molecule has 1 fully saturated rings. The summed E-state index contributed by atoms with van der Waals surface area (Å²) in [5.41, 5.74) is 1.70. The van der Waals surface area contributed by atoms with Gasteiger partial charge in [0.25, 0.3) is 0 Å². The third-order valence-corrected chi connectivity index (χ3v) is 5.38. The second kappa shape index (κ2) is 8.94. The minimum absolute atomic E-state index is 0.0311. The lowest BCUT2D eigenvalue weighted by molar-refractivity contribution is -0.126. The van der Waals surface area contributed by atoms with Crippen molar-refractivity contribution in [3.63, 3.8) is 0 Å². The fourth-order valence-corrected chi connectivity index (χ4v) is 3.56. The first kappa shape index (κ1) is 19.9. The average Bonchev–Trinajstić information content (AvgIpc) is 3.30. The monoisotopic (exact) mass is 407 g/mol. The molecule has 1 aromatic carbocycles. The molecule has 8 nitrogen and oxygen atoms in total. The molecule has 0 spiro atoms. The fourth-order valence-electron chi connectivity index (χ4n) is 3.56. The van der Waals surface area contributed by atoms with Crippen LogP contribution in [0.25, 0.3) is 11.5 Å². The van der Waals surface area contributed by atoms with Gasteiger partial charge in [-0.15, -0.1) is 5.10 Å². The van der Waals surface area contributed by atoms with Crippen LogP contribution in [0.4, 0.5) is 6.01 Å². The molecule has 1 aliphatic heterocycles. The molecule has 1 amide bonds. The summed E-state index contributed by atoms with van der Waals surface area (Å²) in [5.74, 6) is 1.28. The van der Waals surface area contributed by atoms with Crippen LogP contribution in [0.5, 0.6) is 5.75 Å². The summed E-state index contributed by atoms with van der Waals surface area (Å²) in [5, 5.41) is 11.4. The fraction of sp³-hybridized carbons (Fsp3) is 0.364. The SMILES string of the molecule is COc1ccc(-c2nnc(N3CCC(C(=O)N[C@H](C)c4ccccn4)CC3)o2)cc1. The van der Waals surface area contributed by atoms with Gasteiger partial charge in [-0.05, 0) is 56.2 Å². The van der Waals surface area contributed by atoms with Gasteiger partial charge in [0.05, 0.1) is 18.8 Å². The molecule has 4 rings (SSSR count). The second-order valence-corrected chi connectivity index (χ2v) is 7.36. The number of benzene rings is 1. The number of methoxy groups -OCH3 is 1. The molecule has 0 saturated carbocycles. The zero-order chi connectivity index (χ0) is 20.9. The van der Waals surface area contributed by atoms with Crippen molar-refractivity contribution in [2.24, 2.45) is 5.92 Å². The predicted octanol–water partition coefficient (Wildman–Crippen LogP) is 3.23. The number of nitrogens with one attached hydrogen (secondary N) is 1. The summed E-state index contributed by atoms with van der Waals surface area (Å²) in [6, 6.07) is 13.6. The maximum atomic E-state index is 12.6. The first-order chi connectivity index (χ1) is 14.6. The van der Waals surface area contributed by atoms with E-state index in [1.165, 1.54) is 0 Å². The van der Waals surface area contributed by atoms with Crippen molar-refractivity contribution in [2.45, 2.75) is 25.8 Å². The van der Waals surface area contributed by atoms with Crippen LogP contribution in [0.2, 0.25) is 0 Å². The van der Waals surface area contributed by atoms with Gasteiger partial charge in [0.15, 0.2) is 0 Å². The summed E-state index contributed by atoms with van der Waals surface area (Å²) in [6.07, 6.45) is 3.21. The molecule has 30 heavy (non-hydrogen) atoms. The highest BCUT2D eigenvalue weighted by Crippen LogP contribution is 2.27. The van der Waals surface area contributed by atoms with E-state index in [2.05, 4.69) is 20.5 Å². The van der Waals surface area contributed by atoms with Crippen molar-refractivity contribution in [2.75, 3.05) is 25.1 Å². The lowest BCUT2D eigenvalue weighted by atomic mass is 9.95. The van der Waals surface area contributed by atoms with Crippen LogP contribution >= 0.6 is 0 Å². The molecule has 2 aromatic heterocycles. The van der Waals surface area contributed by atoms with E-state index in [-0.39, 0.29) is 17.9 Å². The van der Waals surface area contributed by atoms with E-state index in [4.69, 9.17) is 9.15 Å². The number of rotatable bonds is 6. The van der Waals surface area contributed by atoms with Crippen LogP contribution < -0.4 is 15.0 Å².